The van der Waals surface area contributed by atoms with Crippen molar-refractivity contribution in [2.45, 2.75) is 32.2 Å². The van der Waals surface area contributed by atoms with Gasteiger partial charge in [0.05, 0.1) is 65.1 Å². The van der Waals surface area contributed by atoms with Gasteiger partial charge in [0.2, 0.25) is 0 Å². The fourth-order valence-electron chi connectivity index (χ4n) is 3.18. The van der Waals surface area contributed by atoms with Crippen LogP contribution in [0, 0.1) is 11.3 Å². The molecule has 0 aromatic carbocycles. The lowest BCUT2D eigenvalue weighted by Gasteiger charge is -2.22. The van der Waals surface area contributed by atoms with E-state index in [0.29, 0.717) is 27.3 Å². The predicted molar refractivity (Wildman–Crippen MR) is 121 cm³/mol. The summed E-state index contributed by atoms with van der Waals surface area (Å²) in [5.41, 5.74) is 0.0987. The highest BCUT2D eigenvalue weighted by atomic mass is 19.3. The summed E-state index contributed by atoms with van der Waals surface area (Å²) in [6.07, 6.45) is 4.52. The maximum absolute atomic E-state index is 14.1. The number of fused-ring (bicyclic) bond motifs is 1. The van der Waals surface area contributed by atoms with Gasteiger partial charge in [0.25, 0.3) is 5.91 Å². The Labute approximate surface area is 202 Å². The van der Waals surface area contributed by atoms with E-state index in [2.05, 4.69) is 30.8 Å². The van der Waals surface area contributed by atoms with Gasteiger partial charge in [0, 0.05) is 12.3 Å². The van der Waals surface area contributed by atoms with Crippen LogP contribution in [0.2, 0.25) is 0 Å². The zero-order valence-electron chi connectivity index (χ0n) is 19.0. The maximum Gasteiger partial charge on any atom is 0.333 e. The lowest BCUT2D eigenvalue weighted by Crippen LogP contribution is -2.42. The molecule has 1 atom stereocenters. The first-order chi connectivity index (χ1) is 17.1. The zero-order valence-corrected chi connectivity index (χ0v) is 19.0. The Balaban J connectivity index is 1.70. The lowest BCUT2D eigenvalue weighted by atomic mass is 10.0. The molecule has 4 heterocycles. The molecule has 0 fully saturated rings. The van der Waals surface area contributed by atoms with Crippen molar-refractivity contribution in [3.63, 3.8) is 0 Å². The van der Waals surface area contributed by atoms with Crippen LogP contribution in [0.3, 0.4) is 0 Å². The molecule has 4 aromatic heterocycles. The number of amides is 1. The van der Waals surface area contributed by atoms with Crippen LogP contribution >= 0.6 is 0 Å². The van der Waals surface area contributed by atoms with E-state index in [1.165, 1.54) is 49.1 Å². The summed E-state index contributed by atoms with van der Waals surface area (Å²) in [6, 6.07) is 4.98. The van der Waals surface area contributed by atoms with E-state index in [0.717, 1.165) is 12.4 Å². The molecule has 4 rings (SSSR count). The number of rotatable bonds is 8. The van der Waals surface area contributed by atoms with Crippen LogP contribution in [-0.2, 0) is 0 Å². The first kappa shape index (κ1) is 24.6. The molecular formula is C22H20F3N9O2. The first-order valence-corrected chi connectivity index (χ1v) is 10.5. The molecule has 0 saturated heterocycles. The number of halogens is 3. The molecule has 0 aliphatic heterocycles. The number of carbonyl (C=O) groups is 1. The van der Waals surface area contributed by atoms with Crippen molar-refractivity contribution in [2.75, 3.05) is 11.9 Å². The number of hydrogen-bond donors (Lipinski definition) is 3. The van der Waals surface area contributed by atoms with E-state index >= 15 is 0 Å². The van der Waals surface area contributed by atoms with Crippen molar-refractivity contribution in [3.05, 3.63) is 54.2 Å². The van der Waals surface area contributed by atoms with Crippen molar-refractivity contribution in [2.24, 2.45) is 0 Å². The SMILES string of the molecule is CC(C)(O)[C@H](F)CNC(=O)c1cnc(-c2cnc3cc(C#N)cnn23)cc1Nc1cnn(C(F)F)c1. The largest absolute Gasteiger partial charge is 0.387 e. The van der Waals surface area contributed by atoms with Gasteiger partial charge in [-0.25, -0.2) is 18.6 Å². The minimum absolute atomic E-state index is 0.0139. The second-order valence-corrected chi connectivity index (χ2v) is 8.33. The van der Waals surface area contributed by atoms with Crippen molar-refractivity contribution < 1.29 is 23.1 Å². The Morgan fingerprint density at radius 2 is 1.94 bits per heavy atom. The molecule has 1 amide bonds. The van der Waals surface area contributed by atoms with Gasteiger partial charge in [0.15, 0.2) is 5.65 Å². The number of hydrogen-bond acceptors (Lipinski definition) is 8. The Morgan fingerprint density at radius 3 is 2.61 bits per heavy atom. The standard InChI is InChI=1S/C22H20F3N9O2/c1-22(2,36)18(23)10-29-20(35)14-8-27-16(4-15(14)32-13-7-30-33(11-13)21(24)25)17-9-28-19-3-12(5-26)6-31-34(17)19/h3-4,6-9,11,18,21,36H,10H2,1-2H3,(H,27,32)(H,29,35)/t18-/m1/s1. The number of carbonyl (C=O) groups excluding carboxylic acids is 1. The van der Waals surface area contributed by atoms with E-state index in [-0.39, 0.29) is 16.9 Å². The van der Waals surface area contributed by atoms with Crippen LogP contribution in [0.5, 0.6) is 0 Å². The molecule has 0 aliphatic rings. The van der Waals surface area contributed by atoms with E-state index in [1.54, 1.807) is 0 Å². The normalized spacial score (nSPS) is 12.5. The molecule has 14 heteroatoms. The Kier molecular flexibility index (Phi) is 6.58. The zero-order chi connectivity index (χ0) is 26.0. The second kappa shape index (κ2) is 9.62. The molecule has 3 N–H and O–H groups in total. The average Bonchev–Trinajstić information content (AvgIpc) is 3.48. The highest BCUT2D eigenvalue weighted by Crippen LogP contribution is 2.27. The van der Waals surface area contributed by atoms with Crippen molar-refractivity contribution >= 4 is 22.9 Å². The summed E-state index contributed by atoms with van der Waals surface area (Å²) in [5, 5.41) is 31.8. The van der Waals surface area contributed by atoms with Crippen LogP contribution in [0.25, 0.3) is 17.0 Å². The minimum Gasteiger partial charge on any atom is -0.387 e. The molecule has 0 aliphatic carbocycles. The second-order valence-electron chi connectivity index (χ2n) is 8.33. The highest BCUT2D eigenvalue weighted by molar-refractivity contribution is 6.00. The highest BCUT2D eigenvalue weighted by Gasteiger charge is 2.27. The summed E-state index contributed by atoms with van der Waals surface area (Å²) in [5.74, 6) is -0.709. The van der Waals surface area contributed by atoms with Gasteiger partial charge in [0.1, 0.15) is 17.9 Å². The fourth-order valence-corrected chi connectivity index (χ4v) is 3.18. The Bertz CT molecular complexity index is 1450. The average molecular weight is 499 g/mol. The minimum atomic E-state index is -2.86. The van der Waals surface area contributed by atoms with Gasteiger partial charge >= 0.3 is 6.55 Å². The molecule has 0 saturated carbocycles. The van der Waals surface area contributed by atoms with E-state index < -0.39 is 30.8 Å². The number of imidazole rings is 1. The Morgan fingerprint density at radius 1 is 1.17 bits per heavy atom. The summed E-state index contributed by atoms with van der Waals surface area (Å²) in [6.45, 7) is -0.776. The monoisotopic (exact) mass is 499 g/mol. The number of nitrogens with one attached hydrogen (secondary N) is 2. The molecule has 36 heavy (non-hydrogen) atoms. The van der Waals surface area contributed by atoms with Gasteiger partial charge < -0.3 is 15.7 Å². The molecule has 0 spiro atoms. The number of pyridine rings is 1. The number of alkyl halides is 3. The molecule has 11 nitrogen and oxygen atoms in total. The topological polar surface area (TPSA) is 146 Å². The molecule has 186 valence electrons. The predicted octanol–water partition coefficient (Wildman–Crippen LogP) is 2.84. The molecule has 0 bridgehead atoms. The fraction of sp³-hybridized carbons (Fsp3) is 0.273. The quantitative estimate of drug-likeness (QED) is 0.335. The van der Waals surface area contributed by atoms with Gasteiger partial charge in [-0.3, -0.25) is 9.78 Å². The van der Waals surface area contributed by atoms with Crippen LogP contribution in [0.1, 0.15) is 36.3 Å². The van der Waals surface area contributed by atoms with Crippen molar-refractivity contribution in [1.29, 1.82) is 5.26 Å². The Hall–Kier alpha value is -4.51. The number of nitriles is 1. The molecular weight excluding hydrogens is 479 g/mol. The van der Waals surface area contributed by atoms with Crippen molar-refractivity contribution in [1.82, 2.24) is 34.7 Å². The van der Waals surface area contributed by atoms with Crippen LogP contribution in [0.15, 0.2) is 43.1 Å². The van der Waals surface area contributed by atoms with Crippen molar-refractivity contribution in [3.8, 4) is 17.5 Å². The van der Waals surface area contributed by atoms with E-state index in [9.17, 15) is 23.1 Å². The summed E-state index contributed by atoms with van der Waals surface area (Å²) >= 11 is 0. The van der Waals surface area contributed by atoms with Gasteiger partial charge in [-0.05, 0) is 19.9 Å². The van der Waals surface area contributed by atoms with Gasteiger partial charge in [-0.2, -0.15) is 24.2 Å². The van der Waals surface area contributed by atoms with Crippen LogP contribution in [-0.4, -0.2) is 58.7 Å². The smallest absolute Gasteiger partial charge is 0.333 e. The molecule has 0 unspecified atom stereocenters. The van der Waals surface area contributed by atoms with Crippen LogP contribution < -0.4 is 10.6 Å². The van der Waals surface area contributed by atoms with Crippen LogP contribution in [0.4, 0.5) is 24.5 Å². The lowest BCUT2D eigenvalue weighted by molar-refractivity contribution is -0.00177. The first-order valence-electron chi connectivity index (χ1n) is 10.5. The third-order valence-corrected chi connectivity index (χ3v) is 5.19. The third kappa shape index (κ3) is 5.10. The van der Waals surface area contributed by atoms with Gasteiger partial charge in [-0.15, -0.1) is 0 Å². The van der Waals surface area contributed by atoms with E-state index in [4.69, 9.17) is 5.26 Å². The summed E-state index contributed by atoms with van der Waals surface area (Å²) < 4.78 is 41.9. The van der Waals surface area contributed by atoms with E-state index in [1.807, 2.05) is 6.07 Å². The summed E-state index contributed by atoms with van der Waals surface area (Å²) in [4.78, 5) is 21.4. The van der Waals surface area contributed by atoms with Gasteiger partial charge in [-0.1, -0.05) is 0 Å². The number of aromatic nitrogens is 6. The molecule has 4 aromatic rings. The third-order valence-electron chi connectivity index (χ3n) is 5.19. The number of nitrogens with zero attached hydrogens (tertiary/aromatic N) is 7. The number of anilines is 2. The summed E-state index contributed by atoms with van der Waals surface area (Å²) in [7, 11) is 0. The molecule has 0 radical (unpaired) electrons. The number of aliphatic hydroxyl groups is 1. The maximum atomic E-state index is 14.1.